The van der Waals surface area contributed by atoms with Gasteiger partial charge >= 0.3 is 0 Å². The molecule has 1 atom stereocenters. The van der Waals surface area contributed by atoms with Gasteiger partial charge in [-0.15, -0.1) is 5.10 Å². The number of nitrogens with one attached hydrogen (secondary N) is 2. The van der Waals surface area contributed by atoms with Crippen molar-refractivity contribution in [1.29, 1.82) is 0 Å². The number of hydrogen-bond donors (Lipinski definition) is 2. The fourth-order valence-corrected chi connectivity index (χ4v) is 2.68. The van der Waals surface area contributed by atoms with Crippen LogP contribution in [0.15, 0.2) is 48.5 Å². The number of amides is 2. The lowest BCUT2D eigenvalue weighted by molar-refractivity contribution is -0.128. The van der Waals surface area contributed by atoms with E-state index < -0.39 is 17.9 Å². The van der Waals surface area contributed by atoms with Crippen molar-refractivity contribution in [2.45, 2.75) is 26.9 Å². The van der Waals surface area contributed by atoms with E-state index in [1.54, 1.807) is 38.1 Å². The number of benzene rings is 2. The summed E-state index contributed by atoms with van der Waals surface area (Å²) in [6.45, 7) is 5.62. The van der Waals surface area contributed by atoms with E-state index >= 15 is 0 Å². The zero-order chi connectivity index (χ0) is 22.4. The summed E-state index contributed by atoms with van der Waals surface area (Å²) in [7, 11) is 0. The highest BCUT2D eigenvalue weighted by Gasteiger charge is 2.20. The average molecular weight is 427 g/mol. The Morgan fingerprint density at radius 3 is 2.35 bits per heavy atom. The predicted octanol–water partition coefficient (Wildman–Crippen LogP) is 2.34. The first-order valence-electron chi connectivity index (χ1n) is 9.57. The van der Waals surface area contributed by atoms with Crippen LogP contribution in [0, 0.1) is 12.7 Å². The van der Waals surface area contributed by atoms with Gasteiger partial charge < -0.3 is 9.47 Å². The highest BCUT2D eigenvalue weighted by atomic mass is 19.1. The molecule has 0 aliphatic carbocycles. The van der Waals surface area contributed by atoms with E-state index in [9.17, 15) is 14.0 Å². The normalized spacial score (nSPS) is 11.5. The van der Waals surface area contributed by atoms with E-state index in [0.29, 0.717) is 29.5 Å². The molecule has 2 aromatic carbocycles. The molecule has 9 nitrogen and oxygen atoms in total. The summed E-state index contributed by atoms with van der Waals surface area (Å²) in [6, 6.07) is 12.4. The van der Waals surface area contributed by atoms with Gasteiger partial charge in [-0.3, -0.25) is 20.4 Å². The molecule has 0 saturated heterocycles. The van der Waals surface area contributed by atoms with E-state index in [4.69, 9.17) is 9.47 Å². The third kappa shape index (κ3) is 5.35. The summed E-state index contributed by atoms with van der Waals surface area (Å²) in [6.07, 6.45) is -0.866. The van der Waals surface area contributed by atoms with Gasteiger partial charge in [-0.1, -0.05) is 5.21 Å². The van der Waals surface area contributed by atoms with Crippen LogP contribution in [0.25, 0.3) is 5.69 Å². The molecule has 2 amide bonds. The minimum atomic E-state index is -0.866. The minimum absolute atomic E-state index is 0.0182. The van der Waals surface area contributed by atoms with Crippen molar-refractivity contribution in [3.63, 3.8) is 0 Å². The lowest BCUT2D eigenvalue weighted by atomic mass is 10.3. The number of nitrogens with zero attached hydrogens (tertiary/aromatic N) is 3. The molecule has 1 unspecified atom stereocenters. The summed E-state index contributed by atoms with van der Waals surface area (Å²) in [5.41, 5.74) is 5.59. The van der Waals surface area contributed by atoms with Crippen molar-refractivity contribution >= 4 is 11.8 Å². The fourth-order valence-electron chi connectivity index (χ4n) is 2.68. The molecule has 0 fully saturated rings. The predicted molar refractivity (Wildman–Crippen MR) is 109 cm³/mol. The van der Waals surface area contributed by atoms with Gasteiger partial charge in [0.05, 0.1) is 18.0 Å². The first-order chi connectivity index (χ1) is 14.9. The van der Waals surface area contributed by atoms with Gasteiger partial charge in [-0.2, -0.15) is 0 Å². The molecule has 0 aliphatic heterocycles. The number of hydrazine groups is 1. The van der Waals surface area contributed by atoms with Gasteiger partial charge in [0.1, 0.15) is 17.3 Å². The molecule has 3 aromatic rings. The van der Waals surface area contributed by atoms with Gasteiger partial charge in [-0.05, 0) is 69.3 Å². The van der Waals surface area contributed by atoms with Crippen LogP contribution in [0.3, 0.4) is 0 Å². The van der Waals surface area contributed by atoms with Crippen LogP contribution in [0.1, 0.15) is 30.0 Å². The molecule has 1 aromatic heterocycles. The van der Waals surface area contributed by atoms with Crippen LogP contribution in [-0.4, -0.2) is 39.5 Å². The number of carbonyl (C=O) groups is 2. The summed E-state index contributed by atoms with van der Waals surface area (Å²) in [4.78, 5) is 24.6. The quantitative estimate of drug-likeness (QED) is 0.561. The monoisotopic (exact) mass is 427 g/mol. The van der Waals surface area contributed by atoms with Crippen molar-refractivity contribution in [1.82, 2.24) is 25.8 Å². The first-order valence-corrected chi connectivity index (χ1v) is 9.57. The maximum absolute atomic E-state index is 13.1. The van der Waals surface area contributed by atoms with Crippen molar-refractivity contribution < 1.29 is 23.5 Å². The minimum Gasteiger partial charge on any atom is -0.494 e. The third-order valence-corrected chi connectivity index (χ3v) is 4.30. The number of halogens is 1. The molecule has 1 heterocycles. The fraction of sp³-hybridized carbons (Fsp3) is 0.238. The van der Waals surface area contributed by atoms with Gasteiger partial charge in [0, 0.05) is 0 Å². The van der Waals surface area contributed by atoms with E-state index in [-0.39, 0.29) is 11.5 Å². The summed E-state index contributed by atoms with van der Waals surface area (Å²) >= 11 is 0. The lowest BCUT2D eigenvalue weighted by Crippen LogP contribution is -2.47. The second-order valence-corrected chi connectivity index (χ2v) is 6.52. The lowest BCUT2D eigenvalue weighted by Gasteiger charge is -2.15. The van der Waals surface area contributed by atoms with Crippen molar-refractivity contribution in [2.24, 2.45) is 0 Å². The smallest absolute Gasteiger partial charge is 0.292 e. The Morgan fingerprint density at radius 1 is 1.06 bits per heavy atom. The Morgan fingerprint density at radius 2 is 1.71 bits per heavy atom. The van der Waals surface area contributed by atoms with Crippen LogP contribution in [0.5, 0.6) is 11.5 Å². The number of hydrogen-bond acceptors (Lipinski definition) is 6. The molecule has 31 heavy (non-hydrogen) atoms. The van der Waals surface area contributed by atoms with Crippen molar-refractivity contribution in [2.75, 3.05) is 6.61 Å². The Bertz CT molecular complexity index is 1050. The van der Waals surface area contributed by atoms with Crippen LogP contribution in [0.2, 0.25) is 0 Å². The molecule has 10 heteroatoms. The molecule has 162 valence electrons. The molecule has 0 spiro atoms. The Balaban J connectivity index is 1.56. The Labute approximate surface area is 178 Å². The van der Waals surface area contributed by atoms with E-state index in [1.807, 2.05) is 6.92 Å². The Hall–Kier alpha value is -3.95. The highest BCUT2D eigenvalue weighted by Crippen LogP contribution is 2.18. The van der Waals surface area contributed by atoms with Crippen LogP contribution >= 0.6 is 0 Å². The van der Waals surface area contributed by atoms with Gasteiger partial charge in [0.25, 0.3) is 11.8 Å². The van der Waals surface area contributed by atoms with Gasteiger partial charge in [0.2, 0.25) is 0 Å². The van der Waals surface area contributed by atoms with Gasteiger partial charge in [0.15, 0.2) is 11.8 Å². The number of aromatic nitrogens is 3. The molecule has 0 saturated carbocycles. The van der Waals surface area contributed by atoms with E-state index in [2.05, 4.69) is 21.2 Å². The maximum atomic E-state index is 13.1. The second-order valence-electron chi connectivity index (χ2n) is 6.52. The SMILES string of the molecule is CCOc1ccc(OC(C)C(=O)NNC(=O)c2nnn(-c3ccc(F)cc3)c2C)cc1. The number of carbonyl (C=O) groups excluding carboxylic acids is 2. The van der Waals surface area contributed by atoms with Crippen LogP contribution in [-0.2, 0) is 4.79 Å². The third-order valence-electron chi connectivity index (χ3n) is 4.30. The molecular formula is C21H22FN5O4. The summed E-state index contributed by atoms with van der Waals surface area (Å²) in [5, 5.41) is 7.75. The summed E-state index contributed by atoms with van der Waals surface area (Å²) in [5.74, 6) is -0.402. The molecule has 3 rings (SSSR count). The topological polar surface area (TPSA) is 107 Å². The van der Waals surface area contributed by atoms with Crippen LogP contribution in [0.4, 0.5) is 4.39 Å². The maximum Gasteiger partial charge on any atom is 0.292 e. The molecule has 2 N–H and O–H groups in total. The standard InChI is InChI=1S/C21H22FN5O4/c1-4-30-17-9-11-18(12-10-17)31-14(3)20(28)24-25-21(29)19-13(2)27(26-23-19)16-7-5-15(22)6-8-16/h5-12,14H,4H2,1-3H3,(H,24,28)(H,25,29). The summed E-state index contributed by atoms with van der Waals surface area (Å²) < 4.78 is 25.4. The second kappa shape index (κ2) is 9.70. The van der Waals surface area contributed by atoms with E-state index in [1.165, 1.54) is 28.9 Å². The van der Waals surface area contributed by atoms with Crippen LogP contribution < -0.4 is 20.3 Å². The molecular weight excluding hydrogens is 405 g/mol. The van der Waals surface area contributed by atoms with Crippen molar-refractivity contribution in [3.8, 4) is 17.2 Å². The number of rotatable bonds is 7. The first kappa shape index (κ1) is 21.8. The van der Waals surface area contributed by atoms with E-state index in [0.717, 1.165) is 0 Å². The van der Waals surface area contributed by atoms with Gasteiger partial charge in [-0.25, -0.2) is 9.07 Å². The molecule has 0 radical (unpaired) electrons. The average Bonchev–Trinajstić information content (AvgIpc) is 3.15. The zero-order valence-electron chi connectivity index (χ0n) is 17.3. The highest BCUT2D eigenvalue weighted by molar-refractivity contribution is 5.95. The Kier molecular flexibility index (Phi) is 6.81. The number of ether oxygens (including phenoxy) is 2. The van der Waals surface area contributed by atoms with Crippen molar-refractivity contribution in [3.05, 3.63) is 65.7 Å². The molecule has 0 aliphatic rings. The largest absolute Gasteiger partial charge is 0.494 e. The molecule has 0 bridgehead atoms. The zero-order valence-corrected chi connectivity index (χ0v) is 17.3.